The Bertz CT molecular complexity index is 993. The molecule has 2 heterocycles. The quantitative estimate of drug-likeness (QED) is 0.640. The highest BCUT2D eigenvalue weighted by molar-refractivity contribution is 5.94. The number of nitrogens with one attached hydrogen (secondary N) is 2. The minimum atomic E-state index is -0.333. The molecule has 1 aromatic heterocycles. The average molecular weight is 306 g/mol. The van der Waals surface area contributed by atoms with Crippen LogP contribution < -0.4 is 16.6 Å². The standard InChI is InChI=1S/C17H14N4O2/c18-17-20-15-14(16(23)21-17)12(8-13(22)19-15)11-6-5-9-3-1-2-4-10(9)7-11/h1-7,12H,8H2,(H4,18,19,20,21,22,23)/t12-/m0/s1. The van der Waals surface area contributed by atoms with Crippen LogP contribution in [0.2, 0.25) is 0 Å². The van der Waals surface area contributed by atoms with Gasteiger partial charge in [-0.25, -0.2) is 0 Å². The van der Waals surface area contributed by atoms with Crippen molar-refractivity contribution in [3.63, 3.8) is 0 Å². The lowest BCUT2D eigenvalue weighted by molar-refractivity contribution is -0.116. The molecule has 1 aliphatic rings. The molecule has 1 atom stereocenters. The molecule has 6 nitrogen and oxygen atoms in total. The number of aromatic amines is 1. The van der Waals surface area contributed by atoms with Crippen LogP contribution in [0.5, 0.6) is 0 Å². The summed E-state index contributed by atoms with van der Waals surface area (Å²) in [6.07, 6.45) is 0.208. The molecule has 1 aliphatic heterocycles. The molecule has 23 heavy (non-hydrogen) atoms. The maximum Gasteiger partial charge on any atom is 0.258 e. The number of nitrogens with zero attached hydrogens (tertiary/aromatic N) is 1. The van der Waals surface area contributed by atoms with Gasteiger partial charge >= 0.3 is 0 Å². The number of nitrogen functional groups attached to an aromatic ring is 1. The van der Waals surface area contributed by atoms with Crippen molar-refractivity contribution in [2.45, 2.75) is 12.3 Å². The lowest BCUT2D eigenvalue weighted by Gasteiger charge is -2.24. The zero-order valence-corrected chi connectivity index (χ0v) is 12.2. The first-order valence-corrected chi connectivity index (χ1v) is 7.30. The van der Waals surface area contributed by atoms with Gasteiger partial charge in [0.1, 0.15) is 5.82 Å². The molecular formula is C17H14N4O2. The van der Waals surface area contributed by atoms with Gasteiger partial charge in [0.2, 0.25) is 11.9 Å². The Morgan fingerprint density at radius 3 is 2.70 bits per heavy atom. The molecule has 3 aromatic rings. The Hall–Kier alpha value is -3.15. The zero-order chi connectivity index (χ0) is 16.0. The summed E-state index contributed by atoms with van der Waals surface area (Å²) in [4.78, 5) is 30.9. The number of nitrogens with two attached hydrogens (primary N) is 1. The molecule has 0 spiro atoms. The van der Waals surface area contributed by atoms with Crippen LogP contribution in [0.15, 0.2) is 47.3 Å². The highest BCUT2D eigenvalue weighted by atomic mass is 16.2. The molecule has 0 bridgehead atoms. The number of aromatic nitrogens is 2. The van der Waals surface area contributed by atoms with Crippen molar-refractivity contribution in [1.29, 1.82) is 0 Å². The van der Waals surface area contributed by atoms with E-state index in [0.29, 0.717) is 5.56 Å². The second-order valence-electron chi connectivity index (χ2n) is 5.62. The fraction of sp³-hybridized carbons (Fsp3) is 0.118. The van der Waals surface area contributed by atoms with E-state index < -0.39 is 0 Å². The van der Waals surface area contributed by atoms with E-state index in [1.54, 1.807) is 0 Å². The molecule has 0 fully saturated rings. The Balaban J connectivity index is 1.91. The summed E-state index contributed by atoms with van der Waals surface area (Å²) >= 11 is 0. The minimum absolute atomic E-state index is 0.00629. The number of hydrogen-bond acceptors (Lipinski definition) is 4. The number of rotatable bonds is 1. The molecule has 4 rings (SSSR count). The van der Waals surface area contributed by atoms with Gasteiger partial charge in [-0.2, -0.15) is 4.98 Å². The third-order valence-corrected chi connectivity index (χ3v) is 4.15. The van der Waals surface area contributed by atoms with Crippen LogP contribution in [0.25, 0.3) is 10.8 Å². The number of carbonyl (C=O) groups is 1. The van der Waals surface area contributed by atoms with Crippen LogP contribution in [0, 0.1) is 0 Å². The van der Waals surface area contributed by atoms with E-state index in [0.717, 1.165) is 16.3 Å². The number of hydrogen-bond donors (Lipinski definition) is 3. The van der Waals surface area contributed by atoms with Gasteiger partial charge in [-0.15, -0.1) is 0 Å². The first-order chi connectivity index (χ1) is 11.1. The van der Waals surface area contributed by atoms with Crippen molar-refractivity contribution in [3.8, 4) is 0 Å². The highest BCUT2D eigenvalue weighted by Gasteiger charge is 2.30. The molecule has 0 unspecified atom stereocenters. The summed E-state index contributed by atoms with van der Waals surface area (Å²) in [5.74, 6) is -0.262. The van der Waals surface area contributed by atoms with Crippen molar-refractivity contribution in [3.05, 3.63) is 63.9 Å². The summed E-state index contributed by atoms with van der Waals surface area (Å²) in [6.45, 7) is 0. The van der Waals surface area contributed by atoms with Gasteiger partial charge in [0, 0.05) is 12.3 Å². The lowest BCUT2D eigenvalue weighted by Crippen LogP contribution is -2.31. The number of amides is 1. The Kier molecular flexibility index (Phi) is 2.90. The molecule has 114 valence electrons. The van der Waals surface area contributed by atoms with Gasteiger partial charge < -0.3 is 11.1 Å². The fourth-order valence-corrected chi connectivity index (χ4v) is 3.10. The van der Waals surface area contributed by atoms with E-state index in [1.807, 2.05) is 42.5 Å². The van der Waals surface area contributed by atoms with Crippen LogP contribution in [0.1, 0.15) is 23.5 Å². The molecule has 0 aliphatic carbocycles. The predicted molar refractivity (Wildman–Crippen MR) is 88.3 cm³/mol. The normalized spacial score (nSPS) is 16.9. The number of fused-ring (bicyclic) bond motifs is 2. The summed E-state index contributed by atoms with van der Waals surface area (Å²) in [5, 5.41) is 4.81. The molecular weight excluding hydrogens is 292 g/mol. The van der Waals surface area contributed by atoms with E-state index in [4.69, 9.17) is 5.73 Å². The van der Waals surface area contributed by atoms with Gasteiger partial charge in [0.25, 0.3) is 5.56 Å². The van der Waals surface area contributed by atoms with Crippen LogP contribution in [0.4, 0.5) is 11.8 Å². The Morgan fingerprint density at radius 2 is 1.87 bits per heavy atom. The number of anilines is 2. The van der Waals surface area contributed by atoms with Gasteiger partial charge in [0.15, 0.2) is 0 Å². The molecule has 0 saturated carbocycles. The Morgan fingerprint density at radius 1 is 1.09 bits per heavy atom. The van der Waals surface area contributed by atoms with E-state index in [2.05, 4.69) is 15.3 Å². The van der Waals surface area contributed by atoms with Crippen LogP contribution in [-0.4, -0.2) is 15.9 Å². The first kappa shape index (κ1) is 13.5. The molecule has 4 N–H and O–H groups in total. The van der Waals surface area contributed by atoms with E-state index in [1.165, 1.54) is 0 Å². The third kappa shape index (κ3) is 2.24. The number of benzene rings is 2. The average Bonchev–Trinajstić information content (AvgIpc) is 2.53. The van der Waals surface area contributed by atoms with Gasteiger partial charge in [-0.05, 0) is 16.3 Å². The van der Waals surface area contributed by atoms with Crippen LogP contribution in [0.3, 0.4) is 0 Å². The number of carbonyl (C=O) groups excluding carboxylic acids is 1. The SMILES string of the molecule is Nc1nc2c(c(=O)[nH]1)[C@H](c1ccc3ccccc3c1)CC(=O)N2. The summed E-state index contributed by atoms with van der Waals surface area (Å²) in [7, 11) is 0. The van der Waals surface area contributed by atoms with Crippen LogP contribution in [-0.2, 0) is 4.79 Å². The van der Waals surface area contributed by atoms with Gasteiger partial charge in [-0.3, -0.25) is 14.6 Å². The molecule has 1 amide bonds. The van der Waals surface area contributed by atoms with Gasteiger partial charge in [-0.1, -0.05) is 42.5 Å². The van der Waals surface area contributed by atoms with Crippen LogP contribution >= 0.6 is 0 Å². The van der Waals surface area contributed by atoms with Crippen molar-refractivity contribution >= 4 is 28.4 Å². The van der Waals surface area contributed by atoms with Crippen molar-refractivity contribution in [2.75, 3.05) is 11.1 Å². The monoisotopic (exact) mass is 306 g/mol. The molecule has 2 aromatic carbocycles. The van der Waals surface area contributed by atoms with Crippen molar-refractivity contribution < 1.29 is 4.79 Å². The largest absolute Gasteiger partial charge is 0.369 e. The molecule has 6 heteroatoms. The maximum atomic E-state index is 12.3. The molecule has 0 saturated heterocycles. The summed E-state index contributed by atoms with van der Waals surface area (Å²) in [6, 6.07) is 13.9. The number of H-pyrrole nitrogens is 1. The zero-order valence-electron chi connectivity index (χ0n) is 12.2. The summed E-state index contributed by atoms with van der Waals surface area (Å²) < 4.78 is 0. The second-order valence-corrected chi connectivity index (χ2v) is 5.62. The lowest BCUT2D eigenvalue weighted by atomic mass is 9.86. The Labute approximate surface area is 131 Å². The van der Waals surface area contributed by atoms with E-state index >= 15 is 0 Å². The fourth-order valence-electron chi connectivity index (χ4n) is 3.10. The molecule has 0 radical (unpaired) electrons. The van der Waals surface area contributed by atoms with E-state index in [9.17, 15) is 9.59 Å². The van der Waals surface area contributed by atoms with Crippen molar-refractivity contribution in [2.24, 2.45) is 0 Å². The third-order valence-electron chi connectivity index (χ3n) is 4.15. The second kappa shape index (κ2) is 4.95. The topological polar surface area (TPSA) is 101 Å². The van der Waals surface area contributed by atoms with E-state index in [-0.39, 0.29) is 35.6 Å². The smallest absolute Gasteiger partial charge is 0.258 e. The van der Waals surface area contributed by atoms with Crippen molar-refractivity contribution in [1.82, 2.24) is 9.97 Å². The summed E-state index contributed by atoms with van der Waals surface area (Å²) in [5.41, 5.74) is 6.62. The maximum absolute atomic E-state index is 12.3. The minimum Gasteiger partial charge on any atom is -0.369 e. The highest BCUT2D eigenvalue weighted by Crippen LogP contribution is 2.35. The van der Waals surface area contributed by atoms with Gasteiger partial charge in [0.05, 0.1) is 5.56 Å². The first-order valence-electron chi connectivity index (χ1n) is 7.30. The predicted octanol–water partition coefficient (Wildman–Crippen LogP) is 1.98.